The quantitative estimate of drug-likeness (QED) is 0.309. The first-order chi connectivity index (χ1) is 15.3. The van der Waals surface area contributed by atoms with Gasteiger partial charge >= 0.3 is 0 Å². The number of hydrogen-bond donors (Lipinski definition) is 0. The smallest absolute Gasteiger partial charge is 0.163 e. The molecule has 0 spiro atoms. The lowest BCUT2D eigenvalue weighted by atomic mass is 10.1. The van der Waals surface area contributed by atoms with Gasteiger partial charge in [-0.3, -0.25) is 0 Å². The number of nitrogens with zero attached hydrogens (tertiary/aromatic N) is 3. The van der Waals surface area contributed by atoms with E-state index in [2.05, 4.69) is 46.1 Å². The van der Waals surface area contributed by atoms with Crippen LogP contribution in [-0.2, 0) is 9.47 Å². The van der Waals surface area contributed by atoms with Crippen molar-refractivity contribution in [2.24, 2.45) is 11.8 Å². The third-order valence-corrected chi connectivity index (χ3v) is 16.5. The molecule has 0 N–H and O–H groups in total. The summed E-state index contributed by atoms with van der Waals surface area (Å²) in [4.78, 5) is 10.1. The summed E-state index contributed by atoms with van der Waals surface area (Å²) >= 11 is 19.6. The third-order valence-electron chi connectivity index (χ3n) is 8.48. The van der Waals surface area contributed by atoms with E-state index < -0.39 is 13.9 Å². The zero-order chi connectivity index (χ0) is 24.2. The maximum Gasteiger partial charge on any atom is 0.163 e. The van der Waals surface area contributed by atoms with Gasteiger partial charge in [0.05, 0.1) is 27.6 Å². The molecule has 5 atom stereocenters. The Morgan fingerprint density at radius 2 is 1.45 bits per heavy atom. The van der Waals surface area contributed by atoms with Crippen LogP contribution >= 0.6 is 34.8 Å². The predicted molar refractivity (Wildman–Crippen MR) is 138 cm³/mol. The molecule has 1 aliphatic heterocycles. The van der Waals surface area contributed by atoms with Crippen molar-refractivity contribution < 1.29 is 9.47 Å². The van der Waals surface area contributed by atoms with Gasteiger partial charge in [-0.05, 0) is 48.7 Å². The van der Waals surface area contributed by atoms with Gasteiger partial charge in [0.1, 0.15) is 19.7 Å². The summed E-state index contributed by atoms with van der Waals surface area (Å²) in [6.45, 7) is 18.1. The fraction of sp³-hybridized carbons (Fsp3) is 0.750. The molecule has 3 heterocycles. The Kier molecular flexibility index (Phi) is 5.76. The minimum atomic E-state index is -2.18. The standard InChI is InChI=1S/C24H34Cl3N3O2Si/c1-10(2)33(11(3)4,12(5)6)23-28-17-15(25)16(26)21(27)29-22(17)30(23)18-13-9-14(13)19-20(18)32-24(7,8)31-19/h10-14,18-20H,9H2,1-8H3/t13-,14+,18+,19+,20-/m0/s1. The number of pyridine rings is 1. The van der Waals surface area contributed by atoms with Crippen LogP contribution in [0, 0.1) is 11.8 Å². The number of aromatic nitrogens is 3. The van der Waals surface area contributed by atoms with Crippen molar-refractivity contribution in [2.45, 2.75) is 102 Å². The van der Waals surface area contributed by atoms with E-state index in [1.165, 1.54) is 0 Å². The predicted octanol–water partition coefficient (Wildman–Crippen LogP) is 6.99. The van der Waals surface area contributed by atoms with E-state index >= 15 is 0 Å². The average molecular weight is 531 g/mol. The molecule has 182 valence electrons. The first-order valence-corrected chi connectivity index (χ1v) is 15.5. The second-order valence-corrected chi connectivity index (χ2v) is 18.4. The van der Waals surface area contributed by atoms with E-state index in [-0.39, 0.29) is 28.4 Å². The number of imidazole rings is 1. The lowest BCUT2D eigenvalue weighted by molar-refractivity contribution is -0.156. The first kappa shape index (κ1) is 24.3. The highest BCUT2D eigenvalue weighted by Crippen LogP contribution is 2.63. The van der Waals surface area contributed by atoms with Gasteiger partial charge in [0.2, 0.25) is 0 Å². The van der Waals surface area contributed by atoms with E-state index in [1.54, 1.807) is 0 Å². The van der Waals surface area contributed by atoms with E-state index in [1.807, 2.05) is 13.8 Å². The Morgan fingerprint density at radius 1 is 0.879 bits per heavy atom. The van der Waals surface area contributed by atoms with Crippen molar-refractivity contribution in [1.82, 2.24) is 14.5 Å². The molecular weight excluding hydrogens is 497 g/mol. The maximum atomic E-state index is 6.74. The normalized spacial score (nSPS) is 30.7. The molecule has 2 aromatic heterocycles. The van der Waals surface area contributed by atoms with Gasteiger partial charge in [-0.2, -0.15) is 0 Å². The molecule has 3 aliphatic rings. The second kappa shape index (κ2) is 7.81. The van der Waals surface area contributed by atoms with Crippen molar-refractivity contribution in [3.05, 3.63) is 15.2 Å². The van der Waals surface area contributed by atoms with E-state index in [9.17, 15) is 0 Å². The molecule has 0 radical (unpaired) electrons. The molecular formula is C24H34Cl3N3O2Si. The minimum Gasteiger partial charge on any atom is -0.344 e. The largest absolute Gasteiger partial charge is 0.344 e. The second-order valence-electron chi connectivity index (χ2n) is 11.5. The maximum absolute atomic E-state index is 6.74. The summed E-state index contributed by atoms with van der Waals surface area (Å²) < 4.78 is 15.3. The van der Waals surface area contributed by atoms with Gasteiger partial charge < -0.3 is 14.0 Å². The molecule has 1 saturated heterocycles. The van der Waals surface area contributed by atoms with Crippen LogP contribution in [0.5, 0.6) is 0 Å². The van der Waals surface area contributed by atoms with Crippen molar-refractivity contribution in [1.29, 1.82) is 0 Å². The molecule has 33 heavy (non-hydrogen) atoms. The number of hydrogen-bond acceptors (Lipinski definition) is 4. The summed E-state index contributed by atoms with van der Waals surface area (Å²) in [6.07, 6.45) is 1.21. The highest BCUT2D eigenvalue weighted by molar-refractivity contribution is 6.94. The summed E-state index contributed by atoms with van der Waals surface area (Å²) in [5.74, 6) is 0.408. The fourth-order valence-electron chi connectivity index (χ4n) is 7.38. The summed E-state index contributed by atoms with van der Waals surface area (Å²) in [7, 11) is -2.18. The molecule has 5 rings (SSSR count). The fourth-order valence-corrected chi connectivity index (χ4v) is 14.5. The Balaban J connectivity index is 1.83. The van der Waals surface area contributed by atoms with Gasteiger partial charge in [0.15, 0.2) is 16.6 Å². The van der Waals surface area contributed by atoms with Crippen molar-refractivity contribution in [2.75, 3.05) is 0 Å². The Bertz CT molecular complexity index is 1090. The van der Waals surface area contributed by atoms with Crippen LogP contribution in [0.1, 0.15) is 67.9 Å². The molecule has 9 heteroatoms. The van der Waals surface area contributed by atoms with Crippen molar-refractivity contribution in [3.8, 4) is 0 Å². The lowest BCUT2D eigenvalue weighted by Gasteiger charge is -2.43. The van der Waals surface area contributed by atoms with Crippen molar-refractivity contribution in [3.63, 3.8) is 0 Å². The van der Waals surface area contributed by atoms with Crippen LogP contribution in [0.3, 0.4) is 0 Å². The molecule has 2 saturated carbocycles. The topological polar surface area (TPSA) is 49.2 Å². The van der Waals surface area contributed by atoms with Crippen LogP contribution in [-0.4, -0.2) is 40.6 Å². The van der Waals surface area contributed by atoms with Gasteiger partial charge in [0, 0.05) is 0 Å². The minimum absolute atomic E-state index is 0.0342. The number of halogens is 3. The molecule has 5 nitrogen and oxygen atoms in total. The van der Waals surface area contributed by atoms with E-state index in [0.717, 1.165) is 17.5 Å². The highest BCUT2D eigenvalue weighted by Gasteiger charge is 2.67. The highest BCUT2D eigenvalue weighted by atomic mass is 35.5. The Labute approximate surface area is 212 Å². The molecule has 0 bridgehead atoms. The van der Waals surface area contributed by atoms with Crippen LogP contribution in [0.15, 0.2) is 0 Å². The molecule has 0 unspecified atom stereocenters. The monoisotopic (exact) mass is 529 g/mol. The van der Waals surface area contributed by atoms with Gasteiger partial charge in [0.25, 0.3) is 0 Å². The Morgan fingerprint density at radius 3 is 2.03 bits per heavy atom. The van der Waals surface area contributed by atoms with Crippen molar-refractivity contribution >= 4 is 59.5 Å². The summed E-state index contributed by atoms with van der Waals surface area (Å²) in [5, 5.41) is 0.873. The third kappa shape index (κ3) is 3.31. The van der Waals surface area contributed by atoms with E-state index in [4.69, 9.17) is 54.2 Å². The summed E-state index contributed by atoms with van der Waals surface area (Å²) in [6, 6.07) is 0.103. The lowest BCUT2D eigenvalue weighted by Crippen LogP contribution is -2.60. The van der Waals surface area contributed by atoms with Gasteiger partial charge in [-0.1, -0.05) is 76.3 Å². The first-order valence-electron chi connectivity index (χ1n) is 12.1. The molecule has 0 amide bonds. The molecule has 3 fully saturated rings. The van der Waals surface area contributed by atoms with Crippen LogP contribution in [0.2, 0.25) is 31.8 Å². The van der Waals surface area contributed by atoms with Crippen LogP contribution < -0.4 is 5.45 Å². The molecule has 2 aromatic rings. The van der Waals surface area contributed by atoms with Gasteiger partial charge in [-0.15, -0.1) is 0 Å². The zero-order valence-corrected chi connectivity index (χ0v) is 23.9. The zero-order valence-electron chi connectivity index (χ0n) is 20.6. The SMILES string of the molecule is CC(C)[Si](c1nc2c(Cl)c(Cl)c(Cl)nc2n1[C@@H]1[C@H]2C[C@H]2[C@H]2OC(C)(C)O[C@H]21)(C(C)C)C(C)C. The Hall–Kier alpha value is -0.373. The average Bonchev–Trinajstić information content (AvgIpc) is 3.18. The van der Waals surface area contributed by atoms with Crippen LogP contribution in [0.4, 0.5) is 0 Å². The number of fused-ring (bicyclic) bond motifs is 4. The summed E-state index contributed by atoms with van der Waals surface area (Å²) in [5.41, 5.74) is 3.95. The van der Waals surface area contributed by atoms with Gasteiger partial charge in [-0.25, -0.2) is 9.97 Å². The number of rotatable bonds is 5. The molecule has 2 aliphatic carbocycles. The molecule has 0 aromatic carbocycles. The number of ether oxygens (including phenoxy) is 2. The van der Waals surface area contributed by atoms with E-state index in [0.29, 0.717) is 39.0 Å². The van der Waals surface area contributed by atoms with Crippen LogP contribution in [0.25, 0.3) is 11.2 Å².